The fraction of sp³-hybridized carbons (Fsp3) is 0.182. The third-order valence-electron chi connectivity index (χ3n) is 4.07. The van der Waals surface area contributed by atoms with Gasteiger partial charge in [-0.05, 0) is 89.3 Å². The van der Waals surface area contributed by atoms with E-state index in [4.69, 9.17) is 15.9 Å². The molecule has 7 heteroatoms. The summed E-state index contributed by atoms with van der Waals surface area (Å²) >= 11 is 3.57. The van der Waals surface area contributed by atoms with Crippen molar-refractivity contribution in [1.82, 2.24) is 4.90 Å². The molecule has 2 aromatic carbocycles. The summed E-state index contributed by atoms with van der Waals surface area (Å²) < 4.78 is 11.6. The van der Waals surface area contributed by atoms with Crippen LogP contribution < -0.4 is 9.47 Å². The second kappa shape index (κ2) is 9.85. The highest BCUT2D eigenvalue weighted by Crippen LogP contribution is 2.35. The number of hydrogen-bond donors (Lipinski definition) is 0. The smallest absolute Gasteiger partial charge is 0.266 e. The molecule has 0 aliphatic carbocycles. The third kappa shape index (κ3) is 5.14. The van der Waals surface area contributed by atoms with E-state index in [0.717, 1.165) is 26.3 Å². The van der Waals surface area contributed by atoms with Crippen LogP contribution in [0.4, 0.5) is 5.69 Å². The highest BCUT2D eigenvalue weighted by Gasteiger charge is 2.32. The molecule has 1 fully saturated rings. The number of hydrogen-bond acceptors (Lipinski definition) is 5. The summed E-state index contributed by atoms with van der Waals surface area (Å²) in [6.45, 7) is 2.71. The minimum absolute atomic E-state index is 0.0487. The predicted octanol–water partition coefficient (Wildman–Crippen LogP) is 4.94. The molecular formula is C22H19IN2O3S. The van der Waals surface area contributed by atoms with Crippen LogP contribution in [-0.2, 0) is 4.79 Å². The predicted molar refractivity (Wildman–Crippen MR) is 127 cm³/mol. The zero-order valence-electron chi connectivity index (χ0n) is 16.0. The molecule has 2 aromatic rings. The van der Waals surface area contributed by atoms with Crippen molar-refractivity contribution >= 4 is 57.2 Å². The standard InChI is InChI=1S/C22H19IN2O3S/c1-4-12-28-19-11-6-15(13-18(19)23)14-20-21(26)25(5-2)22(29-20)24-16-7-9-17(27-3)10-8-16/h1,6-11,13-14H,5,12H2,2-3H3/b20-14+,24-22?. The first-order chi connectivity index (χ1) is 14.0. The Balaban J connectivity index is 1.85. The molecule has 148 valence electrons. The fourth-order valence-electron chi connectivity index (χ4n) is 2.63. The van der Waals surface area contributed by atoms with Crippen LogP contribution in [0.1, 0.15) is 12.5 Å². The van der Waals surface area contributed by atoms with Gasteiger partial charge < -0.3 is 9.47 Å². The van der Waals surface area contributed by atoms with Crippen molar-refractivity contribution in [2.24, 2.45) is 4.99 Å². The Bertz CT molecular complexity index is 1010. The number of carbonyl (C=O) groups is 1. The molecule has 0 unspecified atom stereocenters. The molecule has 0 saturated carbocycles. The van der Waals surface area contributed by atoms with Gasteiger partial charge in [0.15, 0.2) is 5.17 Å². The summed E-state index contributed by atoms with van der Waals surface area (Å²) in [4.78, 5) is 19.8. The van der Waals surface area contributed by atoms with E-state index in [1.807, 2.05) is 55.5 Å². The van der Waals surface area contributed by atoms with Gasteiger partial charge in [-0.15, -0.1) is 6.42 Å². The van der Waals surface area contributed by atoms with Gasteiger partial charge in [-0.25, -0.2) is 4.99 Å². The van der Waals surface area contributed by atoms with Gasteiger partial charge in [0.1, 0.15) is 18.1 Å². The Morgan fingerprint density at radius 3 is 2.66 bits per heavy atom. The number of ether oxygens (including phenoxy) is 2. The summed E-state index contributed by atoms with van der Waals surface area (Å²) in [6.07, 6.45) is 7.11. The number of amides is 1. The molecule has 0 radical (unpaired) electrons. The number of rotatable bonds is 6. The lowest BCUT2D eigenvalue weighted by Crippen LogP contribution is -2.28. The number of halogens is 1. The van der Waals surface area contributed by atoms with Gasteiger partial charge in [-0.3, -0.25) is 9.69 Å². The molecule has 0 aromatic heterocycles. The van der Waals surface area contributed by atoms with Crippen molar-refractivity contribution in [3.63, 3.8) is 0 Å². The molecule has 0 N–H and O–H groups in total. The third-order valence-corrected chi connectivity index (χ3v) is 5.92. The van der Waals surface area contributed by atoms with Gasteiger partial charge in [0.05, 0.1) is 21.3 Å². The summed E-state index contributed by atoms with van der Waals surface area (Å²) in [5.41, 5.74) is 1.69. The number of methoxy groups -OCH3 is 1. The molecular weight excluding hydrogens is 499 g/mol. The lowest BCUT2D eigenvalue weighted by Gasteiger charge is -2.12. The summed E-state index contributed by atoms with van der Waals surface area (Å²) in [5.74, 6) is 3.90. The molecule has 1 heterocycles. The normalized spacial score (nSPS) is 16.3. The fourth-order valence-corrected chi connectivity index (χ4v) is 4.39. The van der Waals surface area contributed by atoms with Gasteiger partial charge in [-0.1, -0.05) is 12.0 Å². The van der Waals surface area contributed by atoms with Gasteiger partial charge in [-0.2, -0.15) is 0 Å². The van der Waals surface area contributed by atoms with Crippen LogP contribution >= 0.6 is 34.4 Å². The monoisotopic (exact) mass is 518 g/mol. The zero-order valence-corrected chi connectivity index (χ0v) is 19.0. The van der Waals surface area contributed by atoms with Crippen molar-refractivity contribution in [2.75, 3.05) is 20.3 Å². The van der Waals surface area contributed by atoms with Crippen LogP contribution in [0.15, 0.2) is 52.4 Å². The first kappa shape index (κ1) is 21.3. The molecule has 0 spiro atoms. The quantitative estimate of drug-likeness (QED) is 0.309. The van der Waals surface area contributed by atoms with Crippen molar-refractivity contribution in [3.05, 3.63) is 56.5 Å². The highest BCUT2D eigenvalue weighted by atomic mass is 127. The number of nitrogens with zero attached hydrogens (tertiary/aromatic N) is 2. The lowest BCUT2D eigenvalue weighted by atomic mass is 10.2. The second-order valence-corrected chi connectivity index (χ2v) is 8.11. The molecule has 0 atom stereocenters. The molecule has 29 heavy (non-hydrogen) atoms. The van der Waals surface area contributed by atoms with Crippen LogP contribution in [0, 0.1) is 15.9 Å². The maximum absolute atomic E-state index is 12.8. The molecule has 1 saturated heterocycles. The van der Waals surface area contributed by atoms with E-state index < -0.39 is 0 Å². The van der Waals surface area contributed by atoms with Crippen LogP contribution in [0.3, 0.4) is 0 Å². The number of benzene rings is 2. The zero-order chi connectivity index (χ0) is 20.8. The number of terminal acetylenes is 1. The van der Waals surface area contributed by atoms with Gasteiger partial charge >= 0.3 is 0 Å². The first-order valence-electron chi connectivity index (χ1n) is 8.85. The maximum atomic E-state index is 12.8. The van der Waals surface area contributed by atoms with E-state index in [9.17, 15) is 4.79 Å². The number of carbonyl (C=O) groups excluding carboxylic acids is 1. The van der Waals surface area contributed by atoms with Gasteiger partial charge in [0.25, 0.3) is 5.91 Å². The Kier molecular flexibility index (Phi) is 7.23. The Labute approximate surface area is 188 Å². The average molecular weight is 518 g/mol. The minimum Gasteiger partial charge on any atom is -0.497 e. The molecule has 1 aliphatic heterocycles. The number of aliphatic imine (C=N–C) groups is 1. The van der Waals surface area contributed by atoms with E-state index in [1.165, 1.54) is 11.8 Å². The molecule has 1 aliphatic rings. The van der Waals surface area contributed by atoms with E-state index >= 15 is 0 Å². The molecule has 1 amide bonds. The molecule has 0 bridgehead atoms. The summed E-state index contributed by atoms with van der Waals surface area (Å²) in [6, 6.07) is 13.2. The van der Waals surface area contributed by atoms with Crippen LogP contribution in [0.5, 0.6) is 11.5 Å². The molecule has 3 rings (SSSR count). The Hall–Kier alpha value is -2.44. The first-order valence-corrected chi connectivity index (χ1v) is 10.7. The van der Waals surface area contributed by atoms with Gasteiger partial charge in [0.2, 0.25) is 0 Å². The van der Waals surface area contributed by atoms with Crippen molar-refractivity contribution in [1.29, 1.82) is 0 Å². The largest absolute Gasteiger partial charge is 0.497 e. The second-order valence-electron chi connectivity index (χ2n) is 5.94. The SMILES string of the molecule is C#CCOc1ccc(/C=C2/SC(=Nc3ccc(OC)cc3)N(CC)C2=O)cc1I. The van der Waals surface area contributed by atoms with Gasteiger partial charge in [0, 0.05) is 6.54 Å². The van der Waals surface area contributed by atoms with Crippen molar-refractivity contribution in [2.45, 2.75) is 6.92 Å². The Morgan fingerprint density at radius 1 is 1.28 bits per heavy atom. The minimum atomic E-state index is -0.0487. The summed E-state index contributed by atoms with van der Waals surface area (Å²) in [7, 11) is 1.62. The number of amidine groups is 1. The van der Waals surface area contributed by atoms with E-state index in [1.54, 1.807) is 12.0 Å². The van der Waals surface area contributed by atoms with Crippen molar-refractivity contribution in [3.8, 4) is 23.8 Å². The number of thioether (sulfide) groups is 1. The van der Waals surface area contributed by atoms with E-state index in [-0.39, 0.29) is 12.5 Å². The molecule has 5 nitrogen and oxygen atoms in total. The van der Waals surface area contributed by atoms with Crippen molar-refractivity contribution < 1.29 is 14.3 Å². The highest BCUT2D eigenvalue weighted by molar-refractivity contribution is 14.1. The lowest BCUT2D eigenvalue weighted by molar-refractivity contribution is -0.122. The number of likely N-dealkylation sites (N-methyl/N-ethyl adjacent to an activating group) is 1. The van der Waals surface area contributed by atoms with Crippen LogP contribution in [0.25, 0.3) is 6.08 Å². The maximum Gasteiger partial charge on any atom is 0.266 e. The van der Waals surface area contributed by atoms with E-state index in [2.05, 4.69) is 33.5 Å². The van der Waals surface area contributed by atoms with Crippen LogP contribution in [0.2, 0.25) is 0 Å². The summed E-state index contributed by atoms with van der Waals surface area (Å²) in [5, 5.41) is 0.664. The average Bonchev–Trinajstić information content (AvgIpc) is 3.02. The van der Waals surface area contributed by atoms with E-state index in [0.29, 0.717) is 16.6 Å². The Morgan fingerprint density at radius 2 is 2.03 bits per heavy atom. The van der Waals surface area contributed by atoms with Crippen LogP contribution in [-0.4, -0.2) is 36.2 Å². The topological polar surface area (TPSA) is 51.1 Å².